The van der Waals surface area contributed by atoms with E-state index in [-0.39, 0.29) is 5.82 Å². The minimum Gasteiger partial charge on any atom is -0.379 e. The first-order chi connectivity index (χ1) is 6.74. The lowest BCUT2D eigenvalue weighted by Gasteiger charge is -1.98. The van der Waals surface area contributed by atoms with Gasteiger partial charge in [-0.2, -0.15) is 17.3 Å². The zero-order valence-electron chi connectivity index (χ0n) is 7.50. The van der Waals surface area contributed by atoms with Crippen LogP contribution in [0.3, 0.4) is 0 Å². The molecule has 78 valence electrons. The van der Waals surface area contributed by atoms with Crippen LogP contribution in [0.1, 0.15) is 0 Å². The van der Waals surface area contributed by atoms with Crippen molar-refractivity contribution in [3.05, 3.63) is 22.4 Å². The van der Waals surface area contributed by atoms with Gasteiger partial charge in [0.05, 0.1) is 37.1 Å². The monoisotopic (exact) mass is 217 g/mol. The summed E-state index contributed by atoms with van der Waals surface area (Å²) in [6.07, 6.45) is 1.56. The van der Waals surface area contributed by atoms with E-state index in [4.69, 9.17) is 4.74 Å². The number of ether oxygens (including phenoxy) is 1. The molecular weight excluding hydrogens is 206 g/mol. The molecule has 1 heterocycles. The molecule has 0 fully saturated rings. The first-order valence-electron chi connectivity index (χ1n) is 4.10. The van der Waals surface area contributed by atoms with Gasteiger partial charge in [0, 0.05) is 5.75 Å². The van der Waals surface area contributed by atoms with Gasteiger partial charge in [-0.15, -0.1) is 0 Å². The molecule has 6 nitrogen and oxygen atoms in total. The van der Waals surface area contributed by atoms with Crippen molar-refractivity contribution in [2.75, 3.05) is 19.0 Å². The molecule has 0 atom stereocenters. The first kappa shape index (κ1) is 11.0. The van der Waals surface area contributed by atoms with Crippen LogP contribution in [-0.2, 0) is 11.3 Å². The molecule has 0 aromatic carbocycles. The van der Waals surface area contributed by atoms with Gasteiger partial charge in [-0.3, -0.25) is 0 Å². The van der Waals surface area contributed by atoms with E-state index in [1.54, 1.807) is 6.20 Å². The third-order valence-corrected chi connectivity index (χ3v) is 1.70. The van der Waals surface area contributed by atoms with Crippen molar-refractivity contribution in [2.45, 2.75) is 6.54 Å². The van der Waals surface area contributed by atoms with Crippen LogP contribution in [0.5, 0.6) is 0 Å². The number of nitro groups is 1. The summed E-state index contributed by atoms with van der Waals surface area (Å²) < 4.78 is 6.63. The number of thiol groups is 1. The van der Waals surface area contributed by atoms with Crippen molar-refractivity contribution in [3.8, 4) is 0 Å². The van der Waals surface area contributed by atoms with E-state index in [2.05, 4.69) is 17.7 Å². The van der Waals surface area contributed by atoms with E-state index in [1.807, 2.05) is 0 Å². The second kappa shape index (κ2) is 5.61. The molecule has 0 N–H and O–H groups in total. The smallest absolute Gasteiger partial charge is 0.379 e. The maximum absolute atomic E-state index is 10.3. The van der Waals surface area contributed by atoms with Crippen molar-refractivity contribution in [2.24, 2.45) is 0 Å². The highest BCUT2D eigenvalue weighted by atomic mass is 32.1. The summed E-state index contributed by atoms with van der Waals surface area (Å²) in [5.74, 6) is 0.526. The van der Waals surface area contributed by atoms with E-state index < -0.39 is 4.92 Å². The highest BCUT2D eigenvalue weighted by molar-refractivity contribution is 7.80. The summed E-state index contributed by atoms with van der Waals surface area (Å²) in [5, 5.41) is 14.0. The van der Waals surface area contributed by atoms with Gasteiger partial charge in [-0.05, 0) is 4.92 Å². The van der Waals surface area contributed by atoms with Gasteiger partial charge in [-0.25, -0.2) is 0 Å². The Balaban J connectivity index is 2.33. The largest absolute Gasteiger partial charge is 0.389 e. The highest BCUT2D eigenvalue weighted by Crippen LogP contribution is 2.04. The first-order valence-corrected chi connectivity index (χ1v) is 4.73. The summed E-state index contributed by atoms with van der Waals surface area (Å²) in [5.41, 5.74) is 0. The molecule has 0 saturated heterocycles. The Morgan fingerprint density at radius 3 is 3.00 bits per heavy atom. The Hall–Kier alpha value is -1.08. The van der Waals surface area contributed by atoms with E-state index >= 15 is 0 Å². The molecule has 7 heteroatoms. The molecule has 0 aliphatic heterocycles. The molecule has 0 amide bonds. The third kappa shape index (κ3) is 3.35. The van der Waals surface area contributed by atoms with E-state index in [0.29, 0.717) is 25.5 Å². The SMILES string of the molecule is O=[N+]([O-])c1ccn(CCOCCS)n1. The number of rotatable bonds is 6. The molecule has 0 unspecified atom stereocenters. The molecule has 0 saturated carbocycles. The topological polar surface area (TPSA) is 70.2 Å². The molecule has 0 bridgehead atoms. The van der Waals surface area contributed by atoms with Gasteiger partial charge in [0.25, 0.3) is 0 Å². The minimum absolute atomic E-state index is 0.140. The van der Waals surface area contributed by atoms with E-state index in [9.17, 15) is 10.1 Å². The quantitative estimate of drug-likeness (QED) is 0.330. The molecular formula is C7H11N3O3S. The summed E-state index contributed by atoms with van der Waals surface area (Å²) in [7, 11) is 0. The maximum Gasteiger partial charge on any atom is 0.389 e. The molecule has 14 heavy (non-hydrogen) atoms. The maximum atomic E-state index is 10.3. The van der Waals surface area contributed by atoms with Crippen molar-refractivity contribution in [3.63, 3.8) is 0 Å². The molecule has 0 radical (unpaired) electrons. The van der Waals surface area contributed by atoms with Gasteiger partial charge in [0.1, 0.15) is 0 Å². The average molecular weight is 217 g/mol. The Bertz CT molecular complexity index is 302. The van der Waals surface area contributed by atoms with E-state index in [0.717, 1.165) is 0 Å². The van der Waals surface area contributed by atoms with Crippen LogP contribution in [0.2, 0.25) is 0 Å². The number of nitrogens with zero attached hydrogens (tertiary/aromatic N) is 3. The molecule has 1 aromatic heterocycles. The zero-order chi connectivity index (χ0) is 10.4. The number of aromatic nitrogens is 2. The standard InChI is InChI=1S/C7H11N3O3S/c11-10(12)7-1-2-9(8-7)3-4-13-5-6-14/h1-2,14H,3-6H2. The van der Waals surface area contributed by atoms with Crippen LogP contribution in [-0.4, -0.2) is 33.7 Å². The lowest BCUT2D eigenvalue weighted by molar-refractivity contribution is -0.389. The third-order valence-electron chi connectivity index (χ3n) is 1.51. The highest BCUT2D eigenvalue weighted by Gasteiger charge is 2.09. The Morgan fingerprint density at radius 1 is 1.64 bits per heavy atom. The minimum atomic E-state index is -0.523. The molecule has 0 aliphatic carbocycles. The van der Waals surface area contributed by atoms with Gasteiger partial charge in [0.2, 0.25) is 0 Å². The normalized spacial score (nSPS) is 10.4. The molecule has 0 aliphatic rings. The van der Waals surface area contributed by atoms with Crippen LogP contribution in [0.25, 0.3) is 0 Å². The van der Waals surface area contributed by atoms with Gasteiger partial charge in [0.15, 0.2) is 0 Å². The lowest BCUT2D eigenvalue weighted by atomic mass is 10.6. The Morgan fingerprint density at radius 2 is 2.43 bits per heavy atom. The fourth-order valence-electron chi connectivity index (χ4n) is 0.898. The summed E-state index contributed by atoms with van der Waals surface area (Å²) in [4.78, 5) is 9.76. The van der Waals surface area contributed by atoms with Gasteiger partial charge < -0.3 is 14.9 Å². The Labute approximate surface area is 86.4 Å². The second-order valence-corrected chi connectivity index (χ2v) is 2.98. The fraction of sp³-hybridized carbons (Fsp3) is 0.571. The van der Waals surface area contributed by atoms with Crippen molar-refractivity contribution >= 4 is 18.4 Å². The summed E-state index contributed by atoms with van der Waals surface area (Å²) in [6, 6.07) is 1.36. The van der Waals surface area contributed by atoms with Crippen molar-refractivity contribution in [1.82, 2.24) is 9.78 Å². The van der Waals surface area contributed by atoms with Gasteiger partial charge >= 0.3 is 5.82 Å². The predicted octanol–water partition coefficient (Wildman–Crippen LogP) is 0.738. The second-order valence-electron chi connectivity index (χ2n) is 2.53. The summed E-state index contributed by atoms with van der Waals surface area (Å²) in [6.45, 7) is 1.58. The molecule has 1 rings (SSSR count). The van der Waals surface area contributed by atoms with Crippen molar-refractivity contribution in [1.29, 1.82) is 0 Å². The van der Waals surface area contributed by atoms with Gasteiger partial charge in [-0.1, -0.05) is 0 Å². The summed E-state index contributed by atoms with van der Waals surface area (Å²) >= 11 is 3.98. The molecule has 0 spiro atoms. The van der Waals surface area contributed by atoms with E-state index in [1.165, 1.54) is 10.7 Å². The predicted molar refractivity (Wildman–Crippen MR) is 53.6 cm³/mol. The fourth-order valence-corrected chi connectivity index (χ4v) is 1.03. The number of hydrogen-bond acceptors (Lipinski definition) is 5. The van der Waals surface area contributed by atoms with Crippen LogP contribution >= 0.6 is 12.6 Å². The number of hydrogen-bond donors (Lipinski definition) is 1. The average Bonchev–Trinajstić information content (AvgIpc) is 2.61. The van der Waals surface area contributed by atoms with Crippen LogP contribution in [0.4, 0.5) is 5.82 Å². The van der Waals surface area contributed by atoms with Crippen molar-refractivity contribution < 1.29 is 9.66 Å². The van der Waals surface area contributed by atoms with Crippen LogP contribution < -0.4 is 0 Å². The molecule has 1 aromatic rings. The van der Waals surface area contributed by atoms with Crippen LogP contribution in [0.15, 0.2) is 12.3 Å². The zero-order valence-corrected chi connectivity index (χ0v) is 8.39. The lowest BCUT2D eigenvalue weighted by Crippen LogP contribution is -2.08. The Kier molecular flexibility index (Phi) is 4.41. The van der Waals surface area contributed by atoms with Crippen LogP contribution in [0, 0.1) is 10.1 Å².